The summed E-state index contributed by atoms with van der Waals surface area (Å²) < 4.78 is 6.98. The molecule has 0 aliphatic heterocycles. The first kappa shape index (κ1) is 56.6. The van der Waals surface area contributed by atoms with Crippen LogP contribution in [0.5, 0.6) is 0 Å². The minimum Gasteiger partial charge on any atom is -0.455 e. The van der Waals surface area contributed by atoms with Gasteiger partial charge in [-0.3, -0.25) is 0 Å². The molecule has 7 nitrogen and oxygen atoms in total. The van der Waals surface area contributed by atoms with Crippen molar-refractivity contribution in [1.82, 2.24) is 29.9 Å². The molecule has 15 aromatic carbocycles. The van der Waals surface area contributed by atoms with Crippen molar-refractivity contribution in [3.63, 3.8) is 0 Å². The highest BCUT2D eigenvalue weighted by Gasteiger charge is 2.22. The van der Waals surface area contributed by atoms with E-state index in [1.165, 1.54) is 32.3 Å². The first-order valence-electron chi connectivity index (χ1n) is 32.6. The maximum Gasteiger partial charge on any atom is 0.164 e. The standard InChI is InChI=1S/C90H56N6O/c1-5-22-57(23-6-1)58-42-44-59(45-43-58)70-51-72(53-73(52-70)90-94-85(60-24-7-2-8-25-60)91-86(95-90)61-26-9-3-10-27-61)80-55-71(56-82-79-40-17-18-41-83(79)97-84(80)82)66-33-21-35-69(50-66)89-93-87(62-28-11-4-12-29-62)92-88(96-89)68-34-20-32-65(49-68)63-30-19-31-64(48-63)67-46-47-78-76-38-14-13-36-74(76)75-37-15-16-39-77(75)81(78)54-67/h1-56H. The second-order valence-corrected chi connectivity index (χ2v) is 24.5. The van der Waals surface area contributed by atoms with E-state index in [2.05, 4.69) is 243 Å². The molecule has 18 aromatic rings. The average molecular weight is 1240 g/mol. The van der Waals surface area contributed by atoms with Crippen molar-refractivity contribution in [3.05, 3.63) is 340 Å². The molecular formula is C90H56N6O. The Morgan fingerprint density at radius 1 is 0.155 bits per heavy atom. The van der Waals surface area contributed by atoms with Gasteiger partial charge in [-0.25, -0.2) is 29.9 Å². The maximum absolute atomic E-state index is 6.98. The number of hydrogen-bond acceptors (Lipinski definition) is 7. The van der Waals surface area contributed by atoms with Crippen LogP contribution in [0.4, 0.5) is 0 Å². The van der Waals surface area contributed by atoms with E-state index in [0.717, 1.165) is 122 Å². The van der Waals surface area contributed by atoms with E-state index >= 15 is 0 Å². The van der Waals surface area contributed by atoms with Gasteiger partial charge < -0.3 is 4.42 Å². The van der Waals surface area contributed by atoms with Gasteiger partial charge in [-0.1, -0.05) is 279 Å². The summed E-state index contributed by atoms with van der Waals surface area (Å²) in [6.45, 7) is 0. The number of benzene rings is 15. The fraction of sp³-hybridized carbons (Fsp3) is 0. The number of furan rings is 1. The summed E-state index contributed by atoms with van der Waals surface area (Å²) >= 11 is 0. The van der Waals surface area contributed by atoms with E-state index in [0.29, 0.717) is 34.9 Å². The summed E-state index contributed by atoms with van der Waals surface area (Å²) in [5, 5.41) is 9.55. The Morgan fingerprint density at radius 3 is 0.948 bits per heavy atom. The monoisotopic (exact) mass is 1240 g/mol. The summed E-state index contributed by atoms with van der Waals surface area (Å²) in [5.41, 5.74) is 19.4. The Bertz CT molecular complexity index is 5960. The second kappa shape index (κ2) is 24.1. The van der Waals surface area contributed by atoms with Crippen LogP contribution in [0.1, 0.15) is 0 Å². The Morgan fingerprint density at radius 2 is 0.443 bits per heavy atom. The van der Waals surface area contributed by atoms with E-state index in [9.17, 15) is 0 Å². The van der Waals surface area contributed by atoms with Crippen molar-refractivity contribution in [3.8, 4) is 135 Å². The minimum atomic E-state index is 0.550. The predicted molar refractivity (Wildman–Crippen MR) is 398 cm³/mol. The molecule has 0 atom stereocenters. The lowest BCUT2D eigenvalue weighted by Gasteiger charge is -2.14. The molecule has 0 saturated heterocycles. The van der Waals surface area contributed by atoms with Crippen molar-refractivity contribution in [1.29, 1.82) is 0 Å². The molecule has 0 aliphatic rings. The SMILES string of the molecule is c1ccc(-c2ccc(-c3cc(-c4nc(-c5ccccc5)nc(-c5ccccc5)n4)cc(-c4cc(-c5cccc(-c6nc(-c7ccccc7)nc(-c7cccc(-c8cccc(-c9ccc%10c%11ccccc%11c%11ccccc%11c%10c9)c8)c7)n6)c5)cc5c4oc4ccccc45)c3)cc2)cc1. The number of para-hydroxylation sites is 1. The molecule has 452 valence electrons. The van der Waals surface area contributed by atoms with E-state index < -0.39 is 0 Å². The summed E-state index contributed by atoms with van der Waals surface area (Å²) in [5.74, 6) is 3.43. The van der Waals surface area contributed by atoms with Crippen molar-refractivity contribution in [2.24, 2.45) is 0 Å². The smallest absolute Gasteiger partial charge is 0.164 e. The highest BCUT2D eigenvalue weighted by Crippen LogP contribution is 2.44. The van der Waals surface area contributed by atoms with E-state index in [1.54, 1.807) is 0 Å². The van der Waals surface area contributed by atoms with Crippen LogP contribution in [0.3, 0.4) is 0 Å². The Hall–Kier alpha value is -13.1. The van der Waals surface area contributed by atoms with E-state index in [1.807, 2.05) is 97.1 Å². The Balaban J connectivity index is 0.758. The fourth-order valence-electron chi connectivity index (χ4n) is 13.7. The highest BCUT2D eigenvalue weighted by atomic mass is 16.3. The van der Waals surface area contributed by atoms with Gasteiger partial charge in [0.05, 0.1) is 0 Å². The van der Waals surface area contributed by atoms with Gasteiger partial charge in [0, 0.05) is 49.7 Å². The van der Waals surface area contributed by atoms with Crippen LogP contribution in [0, 0.1) is 0 Å². The van der Waals surface area contributed by atoms with E-state index in [4.69, 9.17) is 34.3 Å². The molecule has 0 N–H and O–H groups in total. The van der Waals surface area contributed by atoms with Gasteiger partial charge in [0.25, 0.3) is 0 Å². The molecule has 3 heterocycles. The largest absolute Gasteiger partial charge is 0.455 e. The lowest BCUT2D eigenvalue weighted by Crippen LogP contribution is -2.00. The number of fused-ring (bicyclic) bond motifs is 9. The van der Waals surface area contributed by atoms with Crippen molar-refractivity contribution >= 4 is 54.3 Å². The molecule has 0 saturated carbocycles. The first-order valence-corrected chi connectivity index (χ1v) is 32.6. The summed E-state index contributed by atoms with van der Waals surface area (Å²) in [6.07, 6.45) is 0. The van der Waals surface area contributed by atoms with Gasteiger partial charge in [0.15, 0.2) is 34.9 Å². The molecule has 0 amide bonds. The summed E-state index contributed by atoms with van der Waals surface area (Å²) in [7, 11) is 0. The van der Waals surface area contributed by atoms with Crippen LogP contribution in [0.25, 0.3) is 189 Å². The Kier molecular flexibility index (Phi) is 14.1. The lowest BCUT2D eigenvalue weighted by molar-refractivity contribution is 0.670. The Labute approximate surface area is 560 Å². The van der Waals surface area contributed by atoms with Gasteiger partial charge in [-0.2, -0.15) is 0 Å². The molecule has 18 rings (SSSR count). The molecule has 0 aliphatic carbocycles. The number of aromatic nitrogens is 6. The molecule has 7 heteroatoms. The molecule has 0 fully saturated rings. The third-order valence-corrected chi connectivity index (χ3v) is 18.5. The van der Waals surface area contributed by atoms with Crippen molar-refractivity contribution in [2.75, 3.05) is 0 Å². The minimum absolute atomic E-state index is 0.550. The maximum atomic E-state index is 6.98. The van der Waals surface area contributed by atoms with Crippen LogP contribution in [0.15, 0.2) is 344 Å². The quantitative estimate of drug-likeness (QED) is 0.113. The van der Waals surface area contributed by atoms with Gasteiger partial charge in [0.1, 0.15) is 11.2 Å². The topological polar surface area (TPSA) is 90.5 Å². The highest BCUT2D eigenvalue weighted by molar-refractivity contribution is 6.26. The average Bonchev–Trinajstić information content (AvgIpc) is 1.75. The molecular weight excluding hydrogens is 1180 g/mol. The second-order valence-electron chi connectivity index (χ2n) is 24.5. The third-order valence-electron chi connectivity index (χ3n) is 18.5. The van der Waals surface area contributed by atoms with Gasteiger partial charge in [-0.05, 0) is 154 Å². The van der Waals surface area contributed by atoms with Crippen LogP contribution < -0.4 is 0 Å². The zero-order valence-corrected chi connectivity index (χ0v) is 52.4. The number of nitrogens with zero attached hydrogens (tertiary/aromatic N) is 6. The lowest BCUT2D eigenvalue weighted by atomic mass is 9.91. The predicted octanol–water partition coefficient (Wildman–Crippen LogP) is 23.4. The van der Waals surface area contributed by atoms with Crippen LogP contribution in [0.2, 0.25) is 0 Å². The summed E-state index contributed by atoms with van der Waals surface area (Å²) in [4.78, 5) is 31.4. The third kappa shape index (κ3) is 10.7. The fourth-order valence-corrected chi connectivity index (χ4v) is 13.7. The van der Waals surface area contributed by atoms with Gasteiger partial charge >= 0.3 is 0 Å². The summed E-state index contributed by atoms with van der Waals surface area (Å²) in [6, 6.07) is 119. The zero-order chi connectivity index (χ0) is 64.2. The molecule has 0 bridgehead atoms. The zero-order valence-electron chi connectivity index (χ0n) is 52.4. The van der Waals surface area contributed by atoms with Crippen LogP contribution in [-0.2, 0) is 0 Å². The number of rotatable bonds is 12. The molecule has 0 unspecified atom stereocenters. The van der Waals surface area contributed by atoms with Gasteiger partial charge in [-0.15, -0.1) is 0 Å². The molecule has 97 heavy (non-hydrogen) atoms. The van der Waals surface area contributed by atoms with E-state index in [-0.39, 0.29) is 0 Å². The van der Waals surface area contributed by atoms with Crippen LogP contribution in [-0.4, -0.2) is 29.9 Å². The molecule has 3 aromatic heterocycles. The van der Waals surface area contributed by atoms with Crippen molar-refractivity contribution < 1.29 is 4.42 Å². The molecule has 0 spiro atoms. The molecule has 0 radical (unpaired) electrons. The van der Waals surface area contributed by atoms with Crippen molar-refractivity contribution in [2.45, 2.75) is 0 Å². The first-order chi connectivity index (χ1) is 48.0. The normalized spacial score (nSPS) is 11.5. The van der Waals surface area contributed by atoms with Crippen LogP contribution >= 0.6 is 0 Å². The van der Waals surface area contributed by atoms with Gasteiger partial charge in [0.2, 0.25) is 0 Å². The number of hydrogen-bond donors (Lipinski definition) is 0.